The van der Waals surface area contributed by atoms with E-state index in [9.17, 15) is 14.3 Å². The summed E-state index contributed by atoms with van der Waals surface area (Å²) in [4.78, 5) is 25.0. The van der Waals surface area contributed by atoms with Crippen LogP contribution < -0.4 is 16.4 Å². The van der Waals surface area contributed by atoms with E-state index >= 15 is 0 Å². The maximum absolute atomic E-state index is 14.1. The Morgan fingerprint density at radius 1 is 1.13 bits per heavy atom. The van der Waals surface area contributed by atoms with Crippen LogP contribution in [0.25, 0.3) is 17.0 Å². The van der Waals surface area contributed by atoms with Crippen molar-refractivity contribution in [2.75, 3.05) is 23.4 Å². The molecule has 4 aromatic rings. The molecule has 0 atom stereocenters. The monoisotopic (exact) mass is 408 g/mol. The van der Waals surface area contributed by atoms with E-state index in [2.05, 4.69) is 20.1 Å². The van der Waals surface area contributed by atoms with Gasteiger partial charge in [-0.25, -0.2) is 28.7 Å². The van der Waals surface area contributed by atoms with Gasteiger partial charge in [-0.1, -0.05) is 18.2 Å². The first kappa shape index (κ1) is 19.1. The van der Waals surface area contributed by atoms with Gasteiger partial charge in [0.1, 0.15) is 23.0 Å². The molecule has 0 saturated carbocycles. The number of carboxylic acid groups (broad SMARTS) is 1. The van der Waals surface area contributed by atoms with Gasteiger partial charge in [0.05, 0.1) is 5.52 Å². The zero-order chi connectivity index (χ0) is 21.4. The van der Waals surface area contributed by atoms with E-state index in [1.54, 1.807) is 41.0 Å². The molecule has 1 aromatic carbocycles. The standard InChI is InChI=1S/C19H17FN8O2/c1-27(19(29)30)15-16(21)25-18(26-17(15)22)14-12-7-4-8-23-28(12)13(24-14)9-10-5-2-3-6-11(10)20/h2-8H,9H2,1H3,(H,29,30)(H4,21,22,25,26). The number of benzene rings is 1. The lowest BCUT2D eigenvalue weighted by Crippen LogP contribution is -2.26. The quantitative estimate of drug-likeness (QED) is 0.465. The predicted molar refractivity (Wildman–Crippen MR) is 108 cm³/mol. The van der Waals surface area contributed by atoms with Gasteiger partial charge >= 0.3 is 6.09 Å². The van der Waals surface area contributed by atoms with Crippen LogP contribution in [0.15, 0.2) is 42.6 Å². The number of fused-ring (bicyclic) bond motifs is 1. The Bertz CT molecular complexity index is 1250. The summed E-state index contributed by atoms with van der Waals surface area (Å²) in [5, 5.41) is 13.5. The van der Waals surface area contributed by atoms with Crippen molar-refractivity contribution < 1.29 is 14.3 Å². The molecular weight excluding hydrogens is 391 g/mol. The molecule has 0 radical (unpaired) electrons. The van der Waals surface area contributed by atoms with Gasteiger partial charge < -0.3 is 16.6 Å². The largest absolute Gasteiger partial charge is 0.465 e. The maximum atomic E-state index is 14.1. The molecule has 5 N–H and O–H groups in total. The number of nitrogens with two attached hydrogens (primary N) is 2. The molecule has 3 aromatic heterocycles. The van der Waals surface area contributed by atoms with E-state index in [-0.39, 0.29) is 35.4 Å². The fourth-order valence-electron chi connectivity index (χ4n) is 3.12. The average Bonchev–Trinajstić information content (AvgIpc) is 3.07. The topological polar surface area (TPSA) is 149 Å². The number of rotatable bonds is 4. The summed E-state index contributed by atoms with van der Waals surface area (Å²) >= 11 is 0. The first-order chi connectivity index (χ1) is 14.4. The lowest BCUT2D eigenvalue weighted by molar-refractivity contribution is 0.203. The Hall–Kier alpha value is -4.28. The Balaban J connectivity index is 1.84. The van der Waals surface area contributed by atoms with Crippen LogP contribution in [-0.4, -0.2) is 42.8 Å². The molecule has 10 nitrogen and oxygen atoms in total. The summed E-state index contributed by atoms with van der Waals surface area (Å²) in [7, 11) is 1.29. The van der Waals surface area contributed by atoms with Gasteiger partial charge in [0, 0.05) is 19.7 Å². The van der Waals surface area contributed by atoms with Crippen molar-refractivity contribution in [1.29, 1.82) is 0 Å². The van der Waals surface area contributed by atoms with E-state index in [0.29, 0.717) is 22.6 Å². The molecule has 3 heterocycles. The van der Waals surface area contributed by atoms with Gasteiger partial charge in [0.25, 0.3) is 0 Å². The van der Waals surface area contributed by atoms with Crippen LogP contribution in [0, 0.1) is 5.82 Å². The van der Waals surface area contributed by atoms with Crippen LogP contribution in [0.2, 0.25) is 0 Å². The fraction of sp³-hybridized carbons (Fsp3) is 0.105. The molecule has 30 heavy (non-hydrogen) atoms. The second kappa shape index (κ2) is 7.28. The molecule has 4 rings (SSSR count). The SMILES string of the molecule is CN(C(=O)O)c1c(N)nc(-c2nc(Cc3ccccc3F)n3ncccc23)nc1N. The van der Waals surface area contributed by atoms with Gasteiger partial charge in [-0.05, 0) is 23.8 Å². The van der Waals surface area contributed by atoms with E-state index in [4.69, 9.17) is 11.5 Å². The number of hydrogen-bond acceptors (Lipinski definition) is 7. The van der Waals surface area contributed by atoms with Gasteiger partial charge in [0.15, 0.2) is 17.5 Å². The third-order valence-electron chi connectivity index (χ3n) is 4.56. The molecule has 0 aliphatic heterocycles. The number of nitrogens with zero attached hydrogens (tertiary/aromatic N) is 6. The minimum absolute atomic E-state index is 0.0144. The van der Waals surface area contributed by atoms with Gasteiger partial charge in [0.2, 0.25) is 0 Å². The number of halogens is 1. The molecule has 0 aliphatic carbocycles. The highest BCUT2D eigenvalue weighted by Crippen LogP contribution is 2.31. The highest BCUT2D eigenvalue weighted by Gasteiger charge is 2.22. The number of imidazole rings is 1. The molecule has 0 unspecified atom stereocenters. The van der Waals surface area contributed by atoms with E-state index in [1.165, 1.54) is 13.1 Å². The van der Waals surface area contributed by atoms with Crippen molar-refractivity contribution in [3.8, 4) is 11.5 Å². The van der Waals surface area contributed by atoms with Crippen molar-refractivity contribution in [2.24, 2.45) is 0 Å². The maximum Gasteiger partial charge on any atom is 0.411 e. The Kier molecular flexibility index (Phi) is 4.62. The smallest absolute Gasteiger partial charge is 0.411 e. The first-order valence-electron chi connectivity index (χ1n) is 8.83. The summed E-state index contributed by atoms with van der Waals surface area (Å²) in [6.45, 7) is 0. The van der Waals surface area contributed by atoms with Gasteiger partial charge in [-0.15, -0.1) is 0 Å². The van der Waals surface area contributed by atoms with Crippen LogP contribution >= 0.6 is 0 Å². The van der Waals surface area contributed by atoms with Crippen molar-refractivity contribution in [1.82, 2.24) is 24.6 Å². The Labute approximate surface area is 169 Å². The molecular formula is C19H17FN8O2. The summed E-state index contributed by atoms with van der Waals surface area (Å²) in [5.41, 5.74) is 13.3. The van der Waals surface area contributed by atoms with Crippen molar-refractivity contribution in [2.45, 2.75) is 6.42 Å². The normalized spacial score (nSPS) is 11.0. The number of anilines is 3. The number of hydrogen-bond donors (Lipinski definition) is 3. The molecule has 0 fully saturated rings. The van der Waals surface area contributed by atoms with Crippen LogP contribution in [0.1, 0.15) is 11.4 Å². The highest BCUT2D eigenvalue weighted by molar-refractivity contribution is 5.94. The summed E-state index contributed by atoms with van der Waals surface area (Å²) in [6, 6.07) is 9.87. The lowest BCUT2D eigenvalue weighted by Gasteiger charge is -2.16. The summed E-state index contributed by atoms with van der Waals surface area (Å²) in [5.74, 6) is 0.0136. The first-order valence-corrected chi connectivity index (χ1v) is 8.83. The summed E-state index contributed by atoms with van der Waals surface area (Å²) < 4.78 is 15.7. The van der Waals surface area contributed by atoms with Crippen molar-refractivity contribution in [3.63, 3.8) is 0 Å². The van der Waals surface area contributed by atoms with E-state index < -0.39 is 6.09 Å². The average molecular weight is 408 g/mol. The summed E-state index contributed by atoms with van der Waals surface area (Å²) in [6.07, 6.45) is 0.515. The number of amides is 1. The lowest BCUT2D eigenvalue weighted by atomic mass is 10.1. The fourth-order valence-corrected chi connectivity index (χ4v) is 3.12. The molecule has 0 saturated heterocycles. The number of nitrogen functional groups attached to an aromatic ring is 2. The Morgan fingerprint density at radius 3 is 2.50 bits per heavy atom. The molecule has 11 heteroatoms. The minimum atomic E-state index is -1.26. The van der Waals surface area contributed by atoms with Crippen LogP contribution in [0.4, 0.5) is 26.5 Å². The molecule has 0 bridgehead atoms. The third-order valence-corrected chi connectivity index (χ3v) is 4.56. The molecule has 0 spiro atoms. The highest BCUT2D eigenvalue weighted by atomic mass is 19.1. The predicted octanol–water partition coefficient (Wildman–Crippen LogP) is 2.19. The van der Waals surface area contributed by atoms with E-state index in [1.807, 2.05) is 0 Å². The zero-order valence-corrected chi connectivity index (χ0v) is 15.8. The number of carbonyl (C=O) groups is 1. The van der Waals surface area contributed by atoms with Crippen LogP contribution in [-0.2, 0) is 6.42 Å². The van der Waals surface area contributed by atoms with Gasteiger partial charge in [-0.3, -0.25) is 4.90 Å². The Morgan fingerprint density at radius 2 is 1.83 bits per heavy atom. The third kappa shape index (κ3) is 3.21. The molecule has 1 amide bonds. The van der Waals surface area contributed by atoms with Crippen molar-refractivity contribution in [3.05, 3.63) is 59.8 Å². The van der Waals surface area contributed by atoms with Crippen LogP contribution in [0.5, 0.6) is 0 Å². The second-order valence-electron chi connectivity index (χ2n) is 6.47. The molecule has 152 valence electrons. The zero-order valence-electron chi connectivity index (χ0n) is 15.8. The second-order valence-corrected chi connectivity index (χ2v) is 6.47. The molecule has 0 aliphatic rings. The van der Waals surface area contributed by atoms with Gasteiger partial charge in [-0.2, -0.15) is 5.10 Å². The van der Waals surface area contributed by atoms with Crippen molar-refractivity contribution >= 4 is 28.9 Å². The number of aromatic nitrogens is 5. The van der Waals surface area contributed by atoms with E-state index in [0.717, 1.165) is 4.90 Å². The minimum Gasteiger partial charge on any atom is -0.465 e. The van der Waals surface area contributed by atoms with Crippen LogP contribution in [0.3, 0.4) is 0 Å².